The van der Waals surface area contributed by atoms with Crippen LogP contribution >= 0.6 is 0 Å². The molecule has 3 rings (SSSR count). The molecule has 1 aliphatic carbocycles. The number of nitrogens with two attached hydrogens (primary N) is 1. The fourth-order valence-corrected chi connectivity index (χ4v) is 2.18. The van der Waals surface area contributed by atoms with Gasteiger partial charge in [0, 0.05) is 11.6 Å². The van der Waals surface area contributed by atoms with Gasteiger partial charge in [0.05, 0.1) is 13.0 Å². The van der Waals surface area contributed by atoms with Gasteiger partial charge in [0.2, 0.25) is 11.7 Å². The molecule has 1 heterocycles. The second kappa shape index (κ2) is 4.85. The average molecular weight is 257 g/mol. The first-order valence-corrected chi connectivity index (χ1v) is 6.18. The molecule has 5 nitrogen and oxygen atoms in total. The maximum atomic E-state index is 5.83. The highest BCUT2D eigenvalue weighted by Crippen LogP contribution is 2.28. The monoisotopic (exact) mass is 257 g/mol. The highest BCUT2D eigenvalue weighted by atomic mass is 16.5. The van der Waals surface area contributed by atoms with E-state index in [1.807, 2.05) is 36.4 Å². The van der Waals surface area contributed by atoms with Crippen LogP contribution in [0, 0.1) is 0 Å². The Balaban J connectivity index is 1.86. The number of methoxy groups -OCH3 is 1. The highest BCUT2D eigenvalue weighted by Gasteiger charge is 2.23. The molecule has 2 aromatic rings. The van der Waals surface area contributed by atoms with Crippen LogP contribution in [0.4, 0.5) is 0 Å². The van der Waals surface area contributed by atoms with Crippen LogP contribution < -0.4 is 10.5 Å². The molecular formula is C14H15N3O2. The van der Waals surface area contributed by atoms with Gasteiger partial charge in [-0.25, -0.2) is 0 Å². The summed E-state index contributed by atoms with van der Waals surface area (Å²) < 4.78 is 10.5. The minimum absolute atomic E-state index is 0.0807. The van der Waals surface area contributed by atoms with E-state index in [1.54, 1.807) is 7.11 Å². The van der Waals surface area contributed by atoms with Crippen molar-refractivity contribution in [2.45, 2.75) is 18.4 Å². The second-order valence-corrected chi connectivity index (χ2v) is 4.58. The lowest BCUT2D eigenvalue weighted by molar-refractivity contribution is 0.365. The maximum Gasteiger partial charge on any atom is 0.233 e. The van der Waals surface area contributed by atoms with Crippen molar-refractivity contribution < 1.29 is 9.26 Å². The van der Waals surface area contributed by atoms with Gasteiger partial charge in [0.1, 0.15) is 5.75 Å². The van der Waals surface area contributed by atoms with Crippen LogP contribution in [-0.2, 0) is 0 Å². The minimum Gasteiger partial charge on any atom is -0.497 e. The van der Waals surface area contributed by atoms with Gasteiger partial charge < -0.3 is 15.0 Å². The molecule has 2 atom stereocenters. The van der Waals surface area contributed by atoms with Crippen LogP contribution in [0.3, 0.4) is 0 Å². The lowest BCUT2D eigenvalue weighted by Gasteiger charge is -2.02. The normalized spacial score (nSPS) is 21.8. The number of rotatable bonds is 3. The number of benzene rings is 1. The van der Waals surface area contributed by atoms with Gasteiger partial charge in [-0.2, -0.15) is 4.98 Å². The summed E-state index contributed by atoms with van der Waals surface area (Å²) in [6.07, 6.45) is 4.81. The zero-order valence-electron chi connectivity index (χ0n) is 10.6. The molecule has 0 saturated carbocycles. The molecule has 1 aliphatic rings. The van der Waals surface area contributed by atoms with Gasteiger partial charge in [-0.3, -0.25) is 0 Å². The first-order chi connectivity index (χ1) is 9.26. The third-order valence-corrected chi connectivity index (χ3v) is 3.20. The van der Waals surface area contributed by atoms with Crippen molar-refractivity contribution in [3.8, 4) is 17.1 Å². The van der Waals surface area contributed by atoms with Crippen molar-refractivity contribution in [1.82, 2.24) is 10.1 Å². The molecule has 2 N–H and O–H groups in total. The molecule has 19 heavy (non-hydrogen) atoms. The highest BCUT2D eigenvalue weighted by molar-refractivity contribution is 5.56. The van der Waals surface area contributed by atoms with E-state index >= 15 is 0 Å². The number of hydrogen-bond acceptors (Lipinski definition) is 5. The Labute approximate surface area is 111 Å². The Bertz CT molecular complexity index is 606. The van der Waals surface area contributed by atoms with Crippen LogP contribution in [0.25, 0.3) is 11.4 Å². The molecule has 0 aliphatic heterocycles. The molecule has 98 valence electrons. The smallest absolute Gasteiger partial charge is 0.233 e. The standard InChI is InChI=1S/C14H15N3O2/c1-18-12-4-2-3-9(8-12)13-16-14(19-17-13)10-5-6-11(15)7-10/h2-6,8,10-11H,7,15H2,1H3. The van der Waals surface area contributed by atoms with Gasteiger partial charge in [-0.05, 0) is 18.6 Å². The molecule has 0 saturated heterocycles. The molecule has 1 aromatic carbocycles. The largest absolute Gasteiger partial charge is 0.497 e. The van der Waals surface area contributed by atoms with Crippen molar-refractivity contribution in [1.29, 1.82) is 0 Å². The van der Waals surface area contributed by atoms with E-state index < -0.39 is 0 Å². The zero-order valence-corrected chi connectivity index (χ0v) is 10.6. The fourth-order valence-electron chi connectivity index (χ4n) is 2.18. The molecule has 0 bridgehead atoms. The number of allylic oxidation sites excluding steroid dienone is 1. The summed E-state index contributed by atoms with van der Waals surface area (Å²) in [5.74, 6) is 2.08. The summed E-state index contributed by atoms with van der Waals surface area (Å²) in [6.45, 7) is 0. The van der Waals surface area contributed by atoms with E-state index in [0.29, 0.717) is 11.7 Å². The molecule has 0 fully saturated rings. The summed E-state index contributed by atoms with van der Waals surface area (Å²) in [4.78, 5) is 4.43. The molecule has 0 spiro atoms. The van der Waals surface area contributed by atoms with E-state index in [2.05, 4.69) is 10.1 Å². The Hall–Kier alpha value is -2.14. The Morgan fingerprint density at radius 2 is 2.26 bits per heavy atom. The van der Waals surface area contributed by atoms with Crippen molar-refractivity contribution in [2.24, 2.45) is 5.73 Å². The lowest BCUT2D eigenvalue weighted by Crippen LogP contribution is -2.14. The van der Waals surface area contributed by atoms with E-state index in [1.165, 1.54) is 0 Å². The molecule has 1 aromatic heterocycles. The average Bonchev–Trinajstić information content (AvgIpc) is 3.07. The van der Waals surface area contributed by atoms with Crippen molar-refractivity contribution in [3.05, 3.63) is 42.3 Å². The van der Waals surface area contributed by atoms with Crippen molar-refractivity contribution >= 4 is 0 Å². The summed E-state index contributed by atoms with van der Waals surface area (Å²) in [5, 5.41) is 4.02. The Morgan fingerprint density at radius 3 is 3.00 bits per heavy atom. The minimum atomic E-state index is 0.0807. The van der Waals surface area contributed by atoms with Crippen LogP contribution in [0.2, 0.25) is 0 Å². The van der Waals surface area contributed by atoms with Crippen LogP contribution in [0.1, 0.15) is 18.2 Å². The maximum absolute atomic E-state index is 5.83. The Kier molecular flexibility index (Phi) is 3.05. The molecule has 2 unspecified atom stereocenters. The van der Waals surface area contributed by atoms with Gasteiger partial charge in [-0.15, -0.1) is 0 Å². The summed E-state index contributed by atoms with van der Waals surface area (Å²) in [5.41, 5.74) is 6.70. The van der Waals surface area contributed by atoms with E-state index in [-0.39, 0.29) is 12.0 Å². The van der Waals surface area contributed by atoms with Gasteiger partial charge in [-0.1, -0.05) is 29.4 Å². The molecule has 0 amide bonds. The zero-order chi connectivity index (χ0) is 13.2. The summed E-state index contributed by atoms with van der Waals surface area (Å²) in [7, 11) is 1.63. The SMILES string of the molecule is COc1cccc(-c2noc(C3C=CC(N)C3)n2)c1. The van der Waals surface area contributed by atoms with Crippen molar-refractivity contribution in [2.75, 3.05) is 7.11 Å². The number of ether oxygens (including phenoxy) is 1. The van der Waals surface area contributed by atoms with Gasteiger partial charge >= 0.3 is 0 Å². The summed E-state index contributed by atoms with van der Waals surface area (Å²) >= 11 is 0. The fraction of sp³-hybridized carbons (Fsp3) is 0.286. The van der Waals surface area contributed by atoms with Crippen molar-refractivity contribution in [3.63, 3.8) is 0 Å². The van der Waals surface area contributed by atoms with Gasteiger partial charge in [0.25, 0.3) is 0 Å². The van der Waals surface area contributed by atoms with Crippen LogP contribution in [0.15, 0.2) is 40.9 Å². The first kappa shape index (κ1) is 11.9. The number of aromatic nitrogens is 2. The molecule has 5 heteroatoms. The summed E-state index contributed by atoms with van der Waals surface area (Å²) in [6, 6.07) is 7.66. The third-order valence-electron chi connectivity index (χ3n) is 3.20. The third kappa shape index (κ3) is 2.37. The quantitative estimate of drug-likeness (QED) is 0.852. The van der Waals surface area contributed by atoms with Gasteiger partial charge in [0.15, 0.2) is 0 Å². The lowest BCUT2D eigenvalue weighted by atomic mass is 10.1. The number of hydrogen-bond donors (Lipinski definition) is 1. The topological polar surface area (TPSA) is 74.2 Å². The van der Waals surface area contributed by atoms with E-state index in [0.717, 1.165) is 17.7 Å². The van der Waals surface area contributed by atoms with Crippen LogP contribution in [-0.4, -0.2) is 23.3 Å². The first-order valence-electron chi connectivity index (χ1n) is 6.18. The molecule has 0 radical (unpaired) electrons. The Morgan fingerprint density at radius 1 is 1.37 bits per heavy atom. The predicted octanol–water partition coefficient (Wildman–Crippen LogP) is 2.12. The molecular weight excluding hydrogens is 242 g/mol. The van der Waals surface area contributed by atoms with E-state index in [9.17, 15) is 0 Å². The predicted molar refractivity (Wildman–Crippen MR) is 70.8 cm³/mol. The number of nitrogens with zero attached hydrogens (tertiary/aromatic N) is 2. The van der Waals surface area contributed by atoms with Crippen LogP contribution in [0.5, 0.6) is 5.75 Å². The van der Waals surface area contributed by atoms with E-state index in [4.69, 9.17) is 15.0 Å². The second-order valence-electron chi connectivity index (χ2n) is 4.58.